The molecule has 7 nitrogen and oxygen atoms in total. The number of likely N-dealkylation sites (tertiary alicyclic amines) is 1. The van der Waals surface area contributed by atoms with Crippen molar-refractivity contribution in [1.82, 2.24) is 10.2 Å². The molecule has 2 fully saturated rings. The van der Waals surface area contributed by atoms with Crippen molar-refractivity contribution in [2.75, 3.05) is 13.7 Å². The van der Waals surface area contributed by atoms with E-state index in [0.717, 1.165) is 10.5 Å². The number of benzene rings is 1. The van der Waals surface area contributed by atoms with Gasteiger partial charge in [0.1, 0.15) is 11.3 Å². The summed E-state index contributed by atoms with van der Waals surface area (Å²) in [5, 5.41) is 12.7. The highest BCUT2D eigenvalue weighted by atomic mass is 16.5. The van der Waals surface area contributed by atoms with Gasteiger partial charge >= 0.3 is 5.97 Å². The molecular weight excluding hydrogens is 324 g/mol. The Kier molecular flexibility index (Phi) is 4.28. The topological polar surface area (TPSA) is 95.9 Å². The van der Waals surface area contributed by atoms with Gasteiger partial charge in [0.05, 0.1) is 18.4 Å². The molecule has 2 saturated heterocycles. The molecule has 2 amide bonds. The first kappa shape index (κ1) is 17.4. The van der Waals surface area contributed by atoms with E-state index in [2.05, 4.69) is 5.32 Å². The predicted molar refractivity (Wildman–Crippen MR) is 88.4 cm³/mol. The van der Waals surface area contributed by atoms with Gasteiger partial charge < -0.3 is 9.84 Å². The smallest absolute Gasteiger partial charge is 0.327 e. The molecule has 0 saturated carbocycles. The van der Waals surface area contributed by atoms with Crippen molar-refractivity contribution >= 4 is 17.8 Å². The second kappa shape index (κ2) is 6.15. The minimum atomic E-state index is -1.24. The van der Waals surface area contributed by atoms with Crippen molar-refractivity contribution < 1.29 is 24.2 Å². The maximum absolute atomic E-state index is 12.7. The Labute approximate surface area is 146 Å². The van der Waals surface area contributed by atoms with Crippen LogP contribution >= 0.6 is 0 Å². The maximum atomic E-state index is 12.7. The number of carbonyl (C=O) groups is 3. The highest BCUT2D eigenvalue weighted by Gasteiger charge is 2.67. The van der Waals surface area contributed by atoms with Crippen LogP contribution in [0.3, 0.4) is 0 Å². The Hall–Kier alpha value is -2.41. The van der Waals surface area contributed by atoms with Crippen LogP contribution in [0.1, 0.15) is 31.9 Å². The van der Waals surface area contributed by atoms with Gasteiger partial charge in [0.2, 0.25) is 11.8 Å². The van der Waals surface area contributed by atoms with Crippen molar-refractivity contribution in [3.8, 4) is 5.75 Å². The number of nitrogens with one attached hydrogen (secondary N) is 1. The van der Waals surface area contributed by atoms with Crippen molar-refractivity contribution in [3.05, 3.63) is 29.8 Å². The summed E-state index contributed by atoms with van der Waals surface area (Å²) in [5.74, 6) is -2.54. The van der Waals surface area contributed by atoms with Gasteiger partial charge in [-0.1, -0.05) is 19.1 Å². The van der Waals surface area contributed by atoms with Gasteiger partial charge in [-0.05, 0) is 31.0 Å². The van der Waals surface area contributed by atoms with E-state index in [1.54, 1.807) is 26.0 Å². The van der Waals surface area contributed by atoms with E-state index >= 15 is 0 Å². The fourth-order valence-corrected chi connectivity index (χ4v) is 4.03. The fourth-order valence-electron chi connectivity index (χ4n) is 4.03. The number of esters is 1. The summed E-state index contributed by atoms with van der Waals surface area (Å²) >= 11 is 0. The Morgan fingerprint density at radius 2 is 1.88 bits per heavy atom. The summed E-state index contributed by atoms with van der Waals surface area (Å²) < 4.78 is 5.23. The average Bonchev–Trinajstić information content (AvgIpc) is 3.06. The number of fused-ring (bicyclic) bond motifs is 1. The summed E-state index contributed by atoms with van der Waals surface area (Å²) in [6.45, 7) is 3.71. The number of ether oxygens (including phenoxy) is 1. The lowest BCUT2D eigenvalue weighted by molar-refractivity contribution is -0.156. The SMILES string of the molecule is CCOC(=O)[C@@]1(CC)N[C@@H](c2ccc(O)cc2)[C@H]2C(=O)N(C)C(=O)[C@H]21. The molecule has 134 valence electrons. The molecule has 3 rings (SSSR count). The number of hydrogen-bond donors (Lipinski definition) is 2. The van der Waals surface area contributed by atoms with Crippen LogP contribution in [0.2, 0.25) is 0 Å². The second-order valence-electron chi connectivity index (χ2n) is 6.50. The van der Waals surface area contributed by atoms with E-state index < -0.39 is 29.4 Å². The molecule has 2 N–H and O–H groups in total. The van der Waals surface area contributed by atoms with E-state index in [9.17, 15) is 19.5 Å². The number of hydrogen-bond acceptors (Lipinski definition) is 6. The van der Waals surface area contributed by atoms with E-state index in [1.165, 1.54) is 19.2 Å². The third-order valence-corrected chi connectivity index (χ3v) is 5.32. The van der Waals surface area contributed by atoms with E-state index in [4.69, 9.17) is 4.74 Å². The van der Waals surface area contributed by atoms with Gasteiger partial charge in [-0.2, -0.15) is 0 Å². The summed E-state index contributed by atoms with van der Waals surface area (Å²) in [7, 11) is 1.45. The zero-order valence-corrected chi connectivity index (χ0v) is 14.5. The lowest BCUT2D eigenvalue weighted by Crippen LogP contribution is -2.55. The van der Waals surface area contributed by atoms with E-state index in [-0.39, 0.29) is 24.2 Å². The fraction of sp³-hybridized carbons (Fsp3) is 0.500. The maximum Gasteiger partial charge on any atom is 0.327 e. The Morgan fingerprint density at radius 3 is 2.44 bits per heavy atom. The quantitative estimate of drug-likeness (QED) is 0.623. The van der Waals surface area contributed by atoms with Gasteiger partial charge in [0, 0.05) is 13.1 Å². The van der Waals surface area contributed by atoms with Gasteiger partial charge in [0.15, 0.2) is 0 Å². The van der Waals surface area contributed by atoms with Gasteiger partial charge in [-0.15, -0.1) is 0 Å². The Bertz CT molecular complexity index is 717. The van der Waals surface area contributed by atoms with Crippen LogP contribution in [0.25, 0.3) is 0 Å². The highest BCUT2D eigenvalue weighted by Crippen LogP contribution is 2.50. The van der Waals surface area contributed by atoms with Crippen LogP contribution in [0.5, 0.6) is 5.75 Å². The normalized spacial score (nSPS) is 31.3. The number of phenolic OH excluding ortho intramolecular Hbond substituents is 1. The van der Waals surface area contributed by atoms with E-state index in [0.29, 0.717) is 6.42 Å². The summed E-state index contributed by atoms with van der Waals surface area (Å²) in [6, 6.07) is 5.92. The minimum Gasteiger partial charge on any atom is -0.508 e. The third-order valence-electron chi connectivity index (χ3n) is 5.32. The molecule has 0 aromatic heterocycles. The molecular formula is C18H22N2O5. The van der Waals surface area contributed by atoms with Crippen LogP contribution in [-0.4, -0.2) is 47.0 Å². The number of aromatic hydroxyl groups is 1. The molecule has 0 radical (unpaired) electrons. The molecule has 0 bridgehead atoms. The van der Waals surface area contributed by atoms with Crippen LogP contribution in [-0.2, 0) is 19.1 Å². The first-order chi connectivity index (χ1) is 11.9. The van der Waals surface area contributed by atoms with Crippen molar-refractivity contribution in [1.29, 1.82) is 0 Å². The van der Waals surface area contributed by atoms with Gasteiger partial charge in [-0.25, -0.2) is 0 Å². The number of phenols is 1. The lowest BCUT2D eigenvalue weighted by atomic mass is 9.78. The first-order valence-corrected chi connectivity index (χ1v) is 8.42. The Morgan fingerprint density at radius 1 is 1.24 bits per heavy atom. The molecule has 1 aromatic carbocycles. The van der Waals surface area contributed by atoms with Crippen LogP contribution in [0.15, 0.2) is 24.3 Å². The zero-order valence-electron chi connectivity index (χ0n) is 14.5. The molecule has 2 aliphatic heterocycles. The first-order valence-electron chi connectivity index (χ1n) is 8.42. The Balaban J connectivity index is 2.10. The molecule has 2 heterocycles. The van der Waals surface area contributed by atoms with Crippen LogP contribution < -0.4 is 5.32 Å². The molecule has 2 aliphatic rings. The van der Waals surface area contributed by atoms with Crippen LogP contribution in [0.4, 0.5) is 0 Å². The van der Waals surface area contributed by atoms with Crippen LogP contribution in [0, 0.1) is 11.8 Å². The van der Waals surface area contributed by atoms with Crippen molar-refractivity contribution in [2.45, 2.75) is 31.8 Å². The van der Waals surface area contributed by atoms with Crippen molar-refractivity contribution in [2.24, 2.45) is 11.8 Å². The third kappa shape index (κ3) is 2.41. The monoisotopic (exact) mass is 346 g/mol. The number of rotatable bonds is 4. The zero-order chi connectivity index (χ0) is 18.4. The lowest BCUT2D eigenvalue weighted by Gasteiger charge is -2.31. The number of nitrogens with zero attached hydrogens (tertiary/aromatic N) is 1. The molecule has 0 unspecified atom stereocenters. The molecule has 0 aliphatic carbocycles. The molecule has 0 spiro atoms. The molecule has 4 atom stereocenters. The summed E-state index contributed by atoms with van der Waals surface area (Å²) in [5.41, 5.74) is -0.496. The summed E-state index contributed by atoms with van der Waals surface area (Å²) in [6.07, 6.45) is 0.328. The van der Waals surface area contributed by atoms with Crippen molar-refractivity contribution in [3.63, 3.8) is 0 Å². The standard InChI is InChI=1S/C18H22N2O5/c1-4-18(17(24)25-5-2)13-12(15(22)20(3)16(13)23)14(19-18)10-6-8-11(21)9-7-10/h6-9,12-14,19,21H,4-5H2,1-3H3/t12-,13-,14-,18-/m0/s1. The molecule has 7 heteroatoms. The molecule has 1 aromatic rings. The highest BCUT2D eigenvalue weighted by molar-refractivity contribution is 6.09. The number of imide groups is 1. The average molecular weight is 346 g/mol. The number of carbonyl (C=O) groups excluding carboxylic acids is 3. The second-order valence-corrected chi connectivity index (χ2v) is 6.50. The number of amides is 2. The molecule has 25 heavy (non-hydrogen) atoms. The van der Waals surface area contributed by atoms with E-state index in [1.807, 2.05) is 0 Å². The summed E-state index contributed by atoms with van der Waals surface area (Å²) in [4.78, 5) is 39.3. The van der Waals surface area contributed by atoms with Gasteiger partial charge in [-0.3, -0.25) is 24.6 Å². The van der Waals surface area contributed by atoms with Gasteiger partial charge in [0.25, 0.3) is 0 Å². The minimum absolute atomic E-state index is 0.108. The largest absolute Gasteiger partial charge is 0.508 e. The predicted octanol–water partition coefficient (Wildman–Crippen LogP) is 0.979.